The van der Waals surface area contributed by atoms with Crippen LogP contribution in [-0.4, -0.2) is 20.8 Å². The first kappa shape index (κ1) is 14.5. The molecule has 0 aliphatic carbocycles. The second-order valence-corrected chi connectivity index (χ2v) is 6.08. The van der Waals surface area contributed by atoms with Crippen LogP contribution in [0.3, 0.4) is 0 Å². The van der Waals surface area contributed by atoms with Crippen molar-refractivity contribution < 1.29 is 4.79 Å². The Labute approximate surface area is 122 Å². The summed E-state index contributed by atoms with van der Waals surface area (Å²) in [5, 5.41) is 10.9. The summed E-state index contributed by atoms with van der Waals surface area (Å²) in [7, 11) is 1.87. The van der Waals surface area contributed by atoms with Crippen LogP contribution in [0.4, 0.5) is 4.79 Å². The van der Waals surface area contributed by atoms with Crippen molar-refractivity contribution in [3.63, 3.8) is 0 Å². The number of hydrogen-bond acceptors (Lipinski definition) is 4. The average molecular weight is 293 g/mol. The summed E-state index contributed by atoms with van der Waals surface area (Å²) < 4.78 is 1.75. The fourth-order valence-electron chi connectivity index (χ4n) is 2.01. The summed E-state index contributed by atoms with van der Waals surface area (Å²) in [5.41, 5.74) is 1.95. The highest BCUT2D eigenvalue weighted by atomic mass is 32.1. The molecule has 7 heteroatoms. The van der Waals surface area contributed by atoms with Gasteiger partial charge < -0.3 is 10.6 Å². The number of aromatic nitrogens is 3. The van der Waals surface area contributed by atoms with Gasteiger partial charge in [-0.2, -0.15) is 5.10 Å². The highest BCUT2D eigenvalue weighted by molar-refractivity contribution is 7.11. The molecule has 0 spiro atoms. The lowest BCUT2D eigenvalue weighted by Crippen LogP contribution is -2.36. The third-order valence-corrected chi connectivity index (χ3v) is 3.85. The molecule has 20 heavy (non-hydrogen) atoms. The van der Waals surface area contributed by atoms with E-state index in [0.717, 1.165) is 21.1 Å². The van der Waals surface area contributed by atoms with Gasteiger partial charge in [0.25, 0.3) is 0 Å². The number of amides is 2. The zero-order valence-corrected chi connectivity index (χ0v) is 12.9. The first-order valence-corrected chi connectivity index (χ1v) is 7.23. The summed E-state index contributed by atoms with van der Waals surface area (Å²) in [5.74, 6) is 0. The molecular formula is C13H19N5OS. The summed E-state index contributed by atoms with van der Waals surface area (Å²) >= 11 is 1.58. The minimum atomic E-state index is -0.200. The number of rotatable bonds is 4. The largest absolute Gasteiger partial charge is 0.332 e. The smallest absolute Gasteiger partial charge is 0.315 e. The Kier molecular flexibility index (Phi) is 4.39. The van der Waals surface area contributed by atoms with Crippen LogP contribution < -0.4 is 10.6 Å². The van der Waals surface area contributed by atoms with E-state index in [9.17, 15) is 4.79 Å². The molecule has 0 bridgehead atoms. The van der Waals surface area contributed by atoms with Gasteiger partial charge in [-0.05, 0) is 20.8 Å². The van der Waals surface area contributed by atoms with Gasteiger partial charge in [-0.25, -0.2) is 9.78 Å². The number of carbonyl (C=O) groups is 1. The molecule has 0 aliphatic heterocycles. The maximum absolute atomic E-state index is 11.9. The van der Waals surface area contributed by atoms with E-state index in [2.05, 4.69) is 20.7 Å². The molecule has 2 N–H and O–H groups in total. The molecule has 108 valence electrons. The van der Waals surface area contributed by atoms with Gasteiger partial charge in [0, 0.05) is 29.9 Å². The van der Waals surface area contributed by atoms with Crippen molar-refractivity contribution in [1.29, 1.82) is 0 Å². The van der Waals surface area contributed by atoms with Gasteiger partial charge >= 0.3 is 6.03 Å². The first-order chi connectivity index (χ1) is 9.45. The van der Waals surface area contributed by atoms with E-state index in [1.54, 1.807) is 22.2 Å². The standard InChI is InChI=1S/C13H19N5OS/c1-8-5-14-12(20-8)6-15-13(19)16-9(2)11-7-18(4)17-10(11)3/h5,7,9H,6H2,1-4H3,(H2,15,16,19)/t9-/m0/s1. The van der Waals surface area contributed by atoms with E-state index < -0.39 is 0 Å². The zero-order valence-electron chi connectivity index (χ0n) is 12.1. The van der Waals surface area contributed by atoms with Crippen LogP contribution in [0.1, 0.15) is 34.1 Å². The van der Waals surface area contributed by atoms with E-state index in [1.165, 1.54) is 0 Å². The fraction of sp³-hybridized carbons (Fsp3) is 0.462. The summed E-state index contributed by atoms with van der Waals surface area (Å²) in [6.07, 6.45) is 3.73. The van der Waals surface area contributed by atoms with Crippen molar-refractivity contribution in [3.05, 3.63) is 33.5 Å². The molecule has 0 saturated carbocycles. The lowest BCUT2D eigenvalue weighted by molar-refractivity contribution is 0.237. The van der Waals surface area contributed by atoms with Crippen molar-refractivity contribution >= 4 is 17.4 Å². The van der Waals surface area contributed by atoms with Crippen molar-refractivity contribution in [1.82, 2.24) is 25.4 Å². The van der Waals surface area contributed by atoms with Crippen LogP contribution in [0, 0.1) is 13.8 Å². The first-order valence-electron chi connectivity index (χ1n) is 6.41. The molecule has 0 saturated heterocycles. The maximum atomic E-state index is 11.9. The molecule has 0 aliphatic rings. The maximum Gasteiger partial charge on any atom is 0.315 e. The molecule has 0 aromatic carbocycles. The minimum Gasteiger partial charge on any atom is -0.332 e. The molecule has 2 aromatic rings. The summed E-state index contributed by atoms with van der Waals surface area (Å²) in [4.78, 5) is 17.2. The second-order valence-electron chi connectivity index (χ2n) is 4.76. The van der Waals surface area contributed by atoms with Crippen LogP contribution in [0.25, 0.3) is 0 Å². The van der Waals surface area contributed by atoms with Gasteiger partial charge in [0.2, 0.25) is 0 Å². The molecule has 2 rings (SSSR count). The Morgan fingerprint density at radius 1 is 1.50 bits per heavy atom. The van der Waals surface area contributed by atoms with Crippen LogP contribution >= 0.6 is 11.3 Å². The van der Waals surface area contributed by atoms with Crippen molar-refractivity contribution in [3.8, 4) is 0 Å². The zero-order chi connectivity index (χ0) is 14.7. The highest BCUT2D eigenvalue weighted by Crippen LogP contribution is 2.15. The molecule has 2 heterocycles. The Balaban J connectivity index is 1.86. The molecule has 0 radical (unpaired) electrons. The summed E-state index contributed by atoms with van der Waals surface area (Å²) in [6.45, 7) is 6.32. The molecule has 2 amide bonds. The molecule has 0 unspecified atom stereocenters. The number of nitrogens with one attached hydrogen (secondary N) is 2. The van der Waals surface area contributed by atoms with Crippen molar-refractivity contribution in [2.24, 2.45) is 7.05 Å². The van der Waals surface area contributed by atoms with Crippen LogP contribution in [-0.2, 0) is 13.6 Å². The van der Waals surface area contributed by atoms with E-state index in [-0.39, 0.29) is 12.1 Å². The van der Waals surface area contributed by atoms with E-state index >= 15 is 0 Å². The Morgan fingerprint density at radius 3 is 2.80 bits per heavy atom. The number of hydrogen-bond donors (Lipinski definition) is 2. The Hall–Kier alpha value is -1.89. The Bertz CT molecular complexity index is 604. The third kappa shape index (κ3) is 3.57. The van der Waals surface area contributed by atoms with E-state index in [0.29, 0.717) is 6.54 Å². The average Bonchev–Trinajstić information content (AvgIpc) is 2.92. The van der Waals surface area contributed by atoms with Crippen molar-refractivity contribution in [2.45, 2.75) is 33.4 Å². The van der Waals surface area contributed by atoms with Gasteiger partial charge in [-0.1, -0.05) is 0 Å². The highest BCUT2D eigenvalue weighted by Gasteiger charge is 2.14. The van der Waals surface area contributed by atoms with E-state index in [4.69, 9.17) is 0 Å². The molecule has 0 fully saturated rings. The summed E-state index contributed by atoms with van der Waals surface area (Å²) in [6, 6.07) is -0.282. The van der Waals surface area contributed by atoms with E-state index in [1.807, 2.05) is 34.0 Å². The molecule has 1 atom stereocenters. The normalized spacial score (nSPS) is 12.2. The molecule has 6 nitrogen and oxygen atoms in total. The van der Waals surface area contributed by atoms with Gasteiger partial charge in [-0.3, -0.25) is 4.68 Å². The van der Waals surface area contributed by atoms with Gasteiger partial charge in [0.15, 0.2) is 0 Å². The topological polar surface area (TPSA) is 71.8 Å². The SMILES string of the molecule is Cc1cnc(CNC(=O)N[C@@H](C)c2cn(C)nc2C)s1. The second kappa shape index (κ2) is 6.04. The number of thiazole rings is 1. The Morgan fingerprint density at radius 2 is 2.25 bits per heavy atom. The quantitative estimate of drug-likeness (QED) is 0.906. The number of carbonyl (C=O) groups excluding carboxylic acids is 1. The third-order valence-electron chi connectivity index (χ3n) is 2.93. The van der Waals surface area contributed by atoms with Crippen LogP contribution in [0.5, 0.6) is 0 Å². The van der Waals surface area contributed by atoms with Gasteiger partial charge in [-0.15, -0.1) is 11.3 Å². The molecule has 2 aromatic heterocycles. The fourth-order valence-corrected chi connectivity index (χ4v) is 2.73. The van der Waals surface area contributed by atoms with Gasteiger partial charge in [0.05, 0.1) is 18.3 Å². The number of nitrogens with zero attached hydrogens (tertiary/aromatic N) is 3. The van der Waals surface area contributed by atoms with Crippen LogP contribution in [0.15, 0.2) is 12.4 Å². The minimum absolute atomic E-state index is 0.0817. The predicted molar refractivity (Wildman–Crippen MR) is 78.6 cm³/mol. The lowest BCUT2D eigenvalue weighted by atomic mass is 10.1. The van der Waals surface area contributed by atoms with Crippen molar-refractivity contribution in [2.75, 3.05) is 0 Å². The predicted octanol–water partition coefficient (Wildman–Crippen LogP) is 2.05. The number of aryl methyl sites for hydroxylation is 3. The van der Waals surface area contributed by atoms with Gasteiger partial charge in [0.1, 0.15) is 5.01 Å². The monoisotopic (exact) mass is 293 g/mol. The molecular weight excluding hydrogens is 274 g/mol. The lowest BCUT2D eigenvalue weighted by Gasteiger charge is -2.13. The number of urea groups is 1. The van der Waals surface area contributed by atoms with Crippen LogP contribution in [0.2, 0.25) is 0 Å².